The SMILES string of the molecule is CO[Si](OC)(OC)O[SiH](CCl)O[Si](OC)(OC)OC. The zero-order valence-electron chi connectivity index (χ0n) is 11.9. The highest BCUT2D eigenvalue weighted by molar-refractivity contribution is 6.73. The van der Waals surface area contributed by atoms with E-state index in [0.717, 1.165) is 0 Å². The number of rotatable bonds is 11. The molecule has 0 spiro atoms. The van der Waals surface area contributed by atoms with E-state index >= 15 is 0 Å². The number of halogens is 1. The minimum Gasteiger partial charge on any atom is -0.372 e. The highest BCUT2D eigenvalue weighted by Gasteiger charge is 2.50. The topological polar surface area (TPSA) is 73.8 Å². The summed E-state index contributed by atoms with van der Waals surface area (Å²) in [5.74, 6) is 0. The van der Waals surface area contributed by atoms with Gasteiger partial charge < -0.3 is 34.8 Å². The molecular weight excluding hydrogens is 332 g/mol. The molecule has 19 heavy (non-hydrogen) atoms. The standard InChI is InChI=1S/C7H21ClO8Si3/c1-9-18(10-2,11-3)15-17(7-8)16-19(12-4,13-5)14-6/h17H,7H2,1-6H3. The van der Waals surface area contributed by atoms with Crippen molar-refractivity contribution in [1.29, 1.82) is 0 Å². The fourth-order valence-corrected chi connectivity index (χ4v) is 9.35. The summed E-state index contributed by atoms with van der Waals surface area (Å²) in [6.45, 7) is 0. The van der Waals surface area contributed by atoms with Crippen LogP contribution in [-0.4, -0.2) is 75.5 Å². The highest BCUT2D eigenvalue weighted by atomic mass is 35.5. The van der Waals surface area contributed by atoms with E-state index in [2.05, 4.69) is 0 Å². The molecule has 0 amide bonds. The van der Waals surface area contributed by atoms with Crippen molar-refractivity contribution in [2.24, 2.45) is 0 Å². The predicted octanol–water partition coefficient (Wildman–Crippen LogP) is -0.232. The van der Waals surface area contributed by atoms with Crippen LogP contribution in [0.2, 0.25) is 0 Å². The van der Waals surface area contributed by atoms with E-state index in [0.29, 0.717) is 0 Å². The third kappa shape index (κ3) is 5.49. The average molecular weight is 353 g/mol. The molecule has 0 bridgehead atoms. The summed E-state index contributed by atoms with van der Waals surface area (Å²) in [5, 5.41) is 0. The van der Waals surface area contributed by atoms with Crippen molar-refractivity contribution < 1.29 is 34.8 Å². The lowest BCUT2D eigenvalue weighted by molar-refractivity contribution is 0.0220. The molecule has 0 unspecified atom stereocenters. The van der Waals surface area contributed by atoms with Crippen LogP contribution in [0.25, 0.3) is 0 Å². The molecule has 0 aromatic rings. The van der Waals surface area contributed by atoms with Crippen molar-refractivity contribution >= 4 is 39.0 Å². The van der Waals surface area contributed by atoms with Gasteiger partial charge >= 0.3 is 27.4 Å². The molecule has 0 saturated carbocycles. The number of hydrogen-bond acceptors (Lipinski definition) is 8. The van der Waals surface area contributed by atoms with Gasteiger partial charge in [-0.3, -0.25) is 0 Å². The molecule has 0 atom stereocenters. The molecule has 0 aliphatic heterocycles. The molecule has 0 aliphatic carbocycles. The zero-order valence-corrected chi connectivity index (χ0v) is 15.8. The quantitative estimate of drug-likeness (QED) is 0.373. The molecule has 0 aliphatic rings. The fraction of sp³-hybridized carbons (Fsp3) is 1.00. The molecule has 0 N–H and O–H groups in total. The van der Waals surface area contributed by atoms with Gasteiger partial charge in [0.1, 0.15) is 0 Å². The Labute approximate surface area is 122 Å². The normalized spacial score (nSPS) is 13.3. The summed E-state index contributed by atoms with van der Waals surface area (Å²) in [4.78, 5) is 0. The van der Waals surface area contributed by atoms with Crippen molar-refractivity contribution in [2.75, 3.05) is 48.2 Å². The van der Waals surface area contributed by atoms with E-state index in [-0.39, 0.29) is 5.50 Å². The van der Waals surface area contributed by atoms with Crippen molar-refractivity contribution in [1.82, 2.24) is 0 Å². The van der Waals surface area contributed by atoms with Gasteiger partial charge in [-0.05, 0) is 0 Å². The summed E-state index contributed by atoms with van der Waals surface area (Å²) in [5.41, 5.74) is 0.121. The first-order valence-corrected chi connectivity index (χ1v) is 10.8. The second kappa shape index (κ2) is 9.54. The maximum Gasteiger partial charge on any atom is 0.669 e. The van der Waals surface area contributed by atoms with E-state index < -0.39 is 27.4 Å². The van der Waals surface area contributed by atoms with Gasteiger partial charge in [0.25, 0.3) is 0 Å². The van der Waals surface area contributed by atoms with E-state index in [1.807, 2.05) is 0 Å². The van der Waals surface area contributed by atoms with E-state index in [1.54, 1.807) is 0 Å². The Balaban J connectivity index is 4.83. The second-order valence-electron chi connectivity index (χ2n) is 3.04. The molecule has 0 radical (unpaired) electrons. The fourth-order valence-electron chi connectivity index (χ4n) is 1.20. The summed E-state index contributed by atoms with van der Waals surface area (Å²) in [6, 6.07) is 0. The van der Waals surface area contributed by atoms with Gasteiger partial charge in [0.15, 0.2) is 0 Å². The monoisotopic (exact) mass is 352 g/mol. The Morgan fingerprint density at radius 1 is 0.684 bits per heavy atom. The van der Waals surface area contributed by atoms with Gasteiger partial charge in [-0.2, -0.15) is 0 Å². The molecular formula is C7H21ClO8Si3. The van der Waals surface area contributed by atoms with Crippen LogP contribution in [0, 0.1) is 0 Å². The Bertz CT molecular complexity index is 202. The number of hydrogen-bond donors (Lipinski definition) is 0. The van der Waals surface area contributed by atoms with E-state index in [4.69, 9.17) is 46.4 Å². The van der Waals surface area contributed by atoms with Crippen molar-refractivity contribution in [3.05, 3.63) is 0 Å². The van der Waals surface area contributed by atoms with Crippen LogP contribution in [-0.2, 0) is 34.8 Å². The molecule has 12 heteroatoms. The molecule has 0 saturated heterocycles. The van der Waals surface area contributed by atoms with Crippen LogP contribution in [0.15, 0.2) is 0 Å². The zero-order chi connectivity index (χ0) is 14.9. The molecule has 0 heterocycles. The van der Waals surface area contributed by atoms with Crippen molar-refractivity contribution in [3.8, 4) is 0 Å². The van der Waals surface area contributed by atoms with Gasteiger partial charge in [-0.1, -0.05) is 0 Å². The average Bonchev–Trinajstić information content (AvgIpc) is 2.49. The summed E-state index contributed by atoms with van der Waals surface area (Å²) in [6.07, 6.45) is 0. The lowest BCUT2D eigenvalue weighted by atomic mass is 11.8. The van der Waals surface area contributed by atoms with Crippen molar-refractivity contribution in [3.63, 3.8) is 0 Å². The first-order valence-electron chi connectivity index (χ1n) is 5.23. The molecule has 0 fully saturated rings. The molecule has 116 valence electrons. The Kier molecular flexibility index (Phi) is 9.85. The Hall–Kier alpha value is 0.621. The van der Waals surface area contributed by atoms with Gasteiger partial charge in [-0.15, -0.1) is 11.6 Å². The Morgan fingerprint density at radius 3 is 1.11 bits per heavy atom. The summed E-state index contributed by atoms with van der Waals surface area (Å²) in [7, 11) is -0.354. The van der Waals surface area contributed by atoms with Gasteiger partial charge in [0.2, 0.25) is 0 Å². The summed E-state index contributed by atoms with van der Waals surface area (Å²) >= 11 is 5.84. The summed E-state index contributed by atoms with van der Waals surface area (Å²) < 4.78 is 42.2. The predicted molar refractivity (Wildman–Crippen MR) is 73.6 cm³/mol. The smallest absolute Gasteiger partial charge is 0.372 e. The van der Waals surface area contributed by atoms with E-state index in [1.165, 1.54) is 42.7 Å². The number of alkyl halides is 1. The van der Waals surface area contributed by atoms with Crippen LogP contribution in [0.1, 0.15) is 0 Å². The van der Waals surface area contributed by atoms with Crippen LogP contribution >= 0.6 is 11.6 Å². The van der Waals surface area contributed by atoms with Crippen LogP contribution < -0.4 is 0 Å². The van der Waals surface area contributed by atoms with Gasteiger partial charge in [-0.25, -0.2) is 0 Å². The highest BCUT2D eigenvalue weighted by Crippen LogP contribution is 2.16. The Morgan fingerprint density at radius 2 is 0.947 bits per heavy atom. The minimum absolute atomic E-state index is 0.121. The first kappa shape index (κ1) is 19.6. The third-order valence-corrected chi connectivity index (χ3v) is 10.6. The van der Waals surface area contributed by atoms with Crippen LogP contribution in [0.3, 0.4) is 0 Å². The van der Waals surface area contributed by atoms with Gasteiger partial charge in [0.05, 0.1) is 5.50 Å². The van der Waals surface area contributed by atoms with Crippen molar-refractivity contribution in [2.45, 2.75) is 0 Å². The first-order chi connectivity index (χ1) is 9.00. The lowest BCUT2D eigenvalue weighted by Gasteiger charge is -2.31. The second-order valence-corrected chi connectivity index (χ2v) is 11.5. The maximum atomic E-state index is 5.84. The largest absolute Gasteiger partial charge is 0.669 e. The molecule has 8 nitrogen and oxygen atoms in total. The third-order valence-electron chi connectivity index (χ3n) is 2.18. The minimum atomic E-state index is -3.23. The molecule has 0 aromatic carbocycles. The lowest BCUT2D eigenvalue weighted by Crippen LogP contribution is -2.57. The maximum absolute atomic E-state index is 5.84. The molecule has 0 aromatic heterocycles. The van der Waals surface area contributed by atoms with Crippen LogP contribution in [0.4, 0.5) is 0 Å². The molecule has 0 rings (SSSR count). The van der Waals surface area contributed by atoms with Gasteiger partial charge in [0, 0.05) is 42.7 Å². The van der Waals surface area contributed by atoms with E-state index in [9.17, 15) is 0 Å². The van der Waals surface area contributed by atoms with Crippen LogP contribution in [0.5, 0.6) is 0 Å².